The average molecular weight is 644 g/mol. The molecule has 9 rings (SSSR count). The molecule has 8 unspecified atom stereocenters. The third-order valence-corrected chi connectivity index (χ3v) is 13.8. The zero-order chi connectivity index (χ0) is 26.2. The van der Waals surface area contributed by atoms with Gasteiger partial charge in [0.15, 0.2) is 0 Å². The average Bonchev–Trinajstić information content (AvgIpc) is 3.73. The molecule has 4 saturated carbocycles. The van der Waals surface area contributed by atoms with E-state index in [2.05, 4.69) is 42.5 Å². The molecule has 238 valence electrons. The molecule has 8 bridgehead atoms. The Labute approximate surface area is 266 Å². The van der Waals surface area contributed by atoms with E-state index in [9.17, 15) is 0 Å². The molecule has 5 aliphatic heterocycles. The summed E-state index contributed by atoms with van der Waals surface area (Å²) in [6.45, 7) is 0. The van der Waals surface area contributed by atoms with Crippen LogP contribution in [0.4, 0.5) is 0 Å². The van der Waals surface area contributed by atoms with Gasteiger partial charge in [0, 0.05) is 0 Å². The van der Waals surface area contributed by atoms with Crippen molar-refractivity contribution in [2.75, 3.05) is 0 Å². The van der Waals surface area contributed by atoms with E-state index >= 15 is 0 Å². The molecule has 5 saturated heterocycles. The van der Waals surface area contributed by atoms with Crippen molar-refractivity contribution >= 4 is 19.8 Å². The number of hydrogen-bond acceptors (Lipinski definition) is 8. The van der Waals surface area contributed by atoms with Gasteiger partial charge >= 0.3 is 19.8 Å². The van der Waals surface area contributed by atoms with Crippen LogP contribution in [0.25, 0.3) is 0 Å². The van der Waals surface area contributed by atoms with Crippen LogP contribution in [0, 0.1) is 47.3 Å². The summed E-state index contributed by atoms with van der Waals surface area (Å²) in [6, 6.07) is 0. The summed E-state index contributed by atoms with van der Waals surface area (Å²) >= 11 is 0. The van der Waals surface area contributed by atoms with Crippen molar-refractivity contribution in [3.63, 3.8) is 0 Å². The summed E-state index contributed by atoms with van der Waals surface area (Å²) in [7, 11) is 0. The van der Waals surface area contributed by atoms with Gasteiger partial charge in [-0.05, 0) is 98.7 Å². The van der Waals surface area contributed by atoms with Crippen LogP contribution in [-0.2, 0) is 0 Å². The van der Waals surface area contributed by atoms with Crippen molar-refractivity contribution in [1.29, 1.82) is 0 Å². The zero-order valence-corrected chi connectivity index (χ0v) is 25.1. The number of hydrogen-bond donors (Lipinski definition) is 8. The van der Waals surface area contributed by atoms with E-state index in [1.165, 1.54) is 103 Å². The van der Waals surface area contributed by atoms with Crippen molar-refractivity contribution in [1.82, 2.24) is 42.5 Å². The molecule has 9 aliphatic rings. The van der Waals surface area contributed by atoms with Crippen molar-refractivity contribution in [2.24, 2.45) is 47.3 Å². The molecule has 42 heavy (non-hydrogen) atoms. The fourth-order valence-electron chi connectivity index (χ4n) is 12.0. The maximum absolute atomic E-state index is 4.26. The molecule has 9 nitrogen and oxygen atoms in total. The molecule has 0 radical (unpaired) electrons. The van der Waals surface area contributed by atoms with E-state index in [1.54, 1.807) is 0 Å². The molecule has 0 aromatic rings. The van der Waals surface area contributed by atoms with Crippen molar-refractivity contribution in [3.05, 3.63) is 0 Å². The first-order valence-corrected chi connectivity index (χ1v) is 17.9. The first kappa shape index (κ1) is 30.9. The van der Waals surface area contributed by atoms with Crippen LogP contribution in [0.5, 0.6) is 0 Å². The molecule has 0 aromatic heterocycles. The first-order chi connectivity index (χ1) is 19.8. The van der Waals surface area contributed by atoms with Crippen LogP contribution in [0.1, 0.15) is 103 Å². The summed E-state index contributed by atoms with van der Waals surface area (Å²) in [4.78, 5) is 0. The van der Waals surface area contributed by atoms with Gasteiger partial charge in [-0.15, -0.1) is 0 Å². The van der Waals surface area contributed by atoms with Gasteiger partial charge in [-0.1, -0.05) is 51.4 Å². The Kier molecular flexibility index (Phi) is 9.43. The van der Waals surface area contributed by atoms with Crippen LogP contribution < -0.4 is 42.5 Å². The van der Waals surface area contributed by atoms with Gasteiger partial charge in [-0.2, -0.15) is 0 Å². The van der Waals surface area contributed by atoms with Gasteiger partial charge in [0.25, 0.3) is 0 Å². The number of rotatable bonds is 0. The Bertz CT molecular complexity index is 723. The van der Waals surface area contributed by atoms with Crippen molar-refractivity contribution in [2.45, 2.75) is 152 Å². The Hall–Kier alpha value is 0.276. The van der Waals surface area contributed by atoms with E-state index in [0.717, 1.165) is 47.3 Å². The van der Waals surface area contributed by atoms with Gasteiger partial charge in [-0.3, -0.25) is 42.5 Å². The van der Waals surface area contributed by atoms with Crippen LogP contribution >= 0.6 is 0 Å². The fraction of sp³-hybridized carbons (Fsp3) is 1.00. The minimum absolute atomic E-state index is 0. The maximum atomic E-state index is 4.26. The Morgan fingerprint density at radius 2 is 0.357 bits per heavy atom. The van der Waals surface area contributed by atoms with Gasteiger partial charge in [0.1, 0.15) is 0 Å². The molecular weight excluding hydrogens is 582 g/mol. The minimum atomic E-state index is 0. The fourth-order valence-corrected chi connectivity index (χ4v) is 12.0. The van der Waals surface area contributed by atoms with E-state index in [0.29, 0.717) is 49.3 Å². The molecule has 9 fully saturated rings. The first-order valence-electron chi connectivity index (χ1n) is 17.9. The summed E-state index contributed by atoms with van der Waals surface area (Å²) < 4.78 is 0. The third-order valence-electron chi connectivity index (χ3n) is 13.8. The summed E-state index contributed by atoms with van der Waals surface area (Å²) in [5.74, 6) is 5.97. The normalized spacial score (nSPS) is 54.9. The van der Waals surface area contributed by atoms with Gasteiger partial charge in [0.2, 0.25) is 0 Å². The molecule has 0 spiro atoms. The number of fused-ring (bicyclic) bond motifs is 20. The zero-order valence-electron chi connectivity index (χ0n) is 25.1. The van der Waals surface area contributed by atoms with Crippen molar-refractivity contribution in [3.8, 4) is 0 Å². The third kappa shape index (κ3) is 5.30. The van der Waals surface area contributed by atoms with E-state index in [-0.39, 0.29) is 25.3 Å². The van der Waals surface area contributed by atoms with Gasteiger partial charge in [0.05, 0.1) is 49.3 Å². The number of nitrogens with one attached hydrogen (secondary N) is 8. The van der Waals surface area contributed by atoms with E-state index in [1.807, 2.05) is 0 Å². The summed E-state index contributed by atoms with van der Waals surface area (Å²) in [5.41, 5.74) is 0. The summed E-state index contributed by atoms with van der Waals surface area (Å²) in [5, 5.41) is 33.8. The van der Waals surface area contributed by atoms with Crippen LogP contribution in [0.3, 0.4) is 0 Å². The van der Waals surface area contributed by atoms with Gasteiger partial charge in [-0.25, -0.2) is 0 Å². The van der Waals surface area contributed by atoms with Crippen LogP contribution in [0.2, 0.25) is 0 Å². The predicted molar refractivity (Wildman–Crippen MR) is 171 cm³/mol. The second kappa shape index (κ2) is 12.8. The molecular formula is C32H61GaN8O. The second-order valence-corrected chi connectivity index (χ2v) is 15.6. The molecule has 0 aromatic carbocycles. The van der Waals surface area contributed by atoms with Crippen molar-refractivity contribution < 1.29 is 5.48 Å². The van der Waals surface area contributed by atoms with Crippen LogP contribution in [0.15, 0.2) is 0 Å². The predicted octanol–water partition coefficient (Wildman–Crippen LogP) is 0.597. The molecule has 5 heterocycles. The Balaban J connectivity index is 0.00000144. The van der Waals surface area contributed by atoms with E-state index in [4.69, 9.17) is 0 Å². The molecule has 0 amide bonds. The SMILES string of the molecule is C1CCC2C3NC(NC4NC(NC5NC(NC6NC(N3)C3CCCCC63)C3CCCCC53)C3CCCCC43)C2C1.O.[GaH3]. The molecule has 10 N–H and O–H groups in total. The topological polar surface area (TPSA) is 128 Å². The Morgan fingerprint density at radius 3 is 0.476 bits per heavy atom. The monoisotopic (exact) mass is 642 g/mol. The van der Waals surface area contributed by atoms with Crippen LogP contribution in [-0.4, -0.2) is 74.6 Å². The van der Waals surface area contributed by atoms with E-state index < -0.39 is 0 Å². The molecule has 4 aliphatic carbocycles. The second-order valence-electron chi connectivity index (χ2n) is 15.6. The van der Waals surface area contributed by atoms with Gasteiger partial charge < -0.3 is 5.48 Å². The quantitative estimate of drug-likeness (QED) is 0.181. The standard InChI is InChI=1S/C32H56N8.Ga.H2O.3H/c1-2-10-18-17(9-1)25-33-26(18)38-28-21-13-5-6-14-22(21)30(35-28)40-32-24-16-8-7-15-23(24)31(36-32)39-29-20-12-4-3-11-19(20)27(34-29)37-25;;;;;/h17-40H,1-16H2;;1H2;;;. The molecule has 10 heteroatoms. The Morgan fingerprint density at radius 1 is 0.238 bits per heavy atom. The summed E-state index contributed by atoms with van der Waals surface area (Å²) in [6.07, 6.45) is 25.6. The molecule has 8 atom stereocenters.